The summed E-state index contributed by atoms with van der Waals surface area (Å²) in [6.45, 7) is 3.98. The van der Waals surface area contributed by atoms with Gasteiger partial charge in [0.2, 0.25) is 0 Å². The molecule has 5 nitrogen and oxygen atoms in total. The van der Waals surface area contributed by atoms with Crippen LogP contribution in [0, 0.1) is 0 Å². The van der Waals surface area contributed by atoms with E-state index in [1.54, 1.807) is 4.57 Å². The van der Waals surface area contributed by atoms with Crippen molar-refractivity contribution in [2.45, 2.75) is 20.0 Å². The molecule has 1 N–H and O–H groups in total. The molecule has 0 unspecified atom stereocenters. The van der Waals surface area contributed by atoms with Gasteiger partial charge in [-0.2, -0.15) is 0 Å². The number of aromatic nitrogens is 1. The molecule has 0 spiro atoms. The summed E-state index contributed by atoms with van der Waals surface area (Å²) >= 11 is 0. The number of rotatable bonds is 9. The van der Waals surface area contributed by atoms with Crippen LogP contribution in [-0.4, -0.2) is 17.8 Å². The molecule has 0 fully saturated rings. The topological polar surface area (TPSA) is 52.5 Å². The standard InChI is InChI=1S/C26H26N2O3/c1-2-30-16-15-28-25-18-24(31-23-11-7-4-8-12-23)14-13-20(25)17-21(26(28)29)19-27-22-9-5-3-6-10-22/h3-14,17-18,27H,2,15-16,19H2,1H3. The predicted octanol–water partition coefficient (Wildman–Crippen LogP) is 5.44. The largest absolute Gasteiger partial charge is 0.457 e. The molecule has 4 rings (SSSR count). The highest BCUT2D eigenvalue weighted by Gasteiger charge is 2.11. The smallest absolute Gasteiger partial charge is 0.256 e. The number of nitrogens with zero attached hydrogens (tertiary/aromatic N) is 1. The molecular formula is C26H26N2O3. The van der Waals surface area contributed by atoms with Crippen molar-refractivity contribution in [3.05, 3.63) is 101 Å². The van der Waals surface area contributed by atoms with E-state index in [4.69, 9.17) is 9.47 Å². The van der Waals surface area contributed by atoms with Crippen molar-refractivity contribution in [2.24, 2.45) is 0 Å². The second-order valence-electron chi connectivity index (χ2n) is 7.18. The van der Waals surface area contributed by atoms with Crippen LogP contribution in [-0.2, 0) is 17.8 Å². The molecule has 0 saturated heterocycles. The molecule has 31 heavy (non-hydrogen) atoms. The molecule has 0 aliphatic rings. The van der Waals surface area contributed by atoms with E-state index < -0.39 is 0 Å². The van der Waals surface area contributed by atoms with Crippen LogP contribution in [0.15, 0.2) is 89.7 Å². The van der Waals surface area contributed by atoms with Gasteiger partial charge in [0.15, 0.2) is 0 Å². The molecule has 158 valence electrons. The van der Waals surface area contributed by atoms with Crippen LogP contribution in [0.25, 0.3) is 10.9 Å². The molecule has 0 aliphatic carbocycles. The minimum Gasteiger partial charge on any atom is -0.457 e. The summed E-state index contributed by atoms with van der Waals surface area (Å²) in [7, 11) is 0. The number of hydrogen-bond donors (Lipinski definition) is 1. The van der Waals surface area contributed by atoms with Gasteiger partial charge in [0, 0.05) is 37.0 Å². The van der Waals surface area contributed by atoms with Crippen LogP contribution in [0.2, 0.25) is 0 Å². The average molecular weight is 415 g/mol. The van der Waals surface area contributed by atoms with Crippen LogP contribution < -0.4 is 15.6 Å². The Morgan fingerprint density at radius 3 is 2.35 bits per heavy atom. The van der Waals surface area contributed by atoms with E-state index in [0.29, 0.717) is 37.6 Å². The van der Waals surface area contributed by atoms with E-state index in [0.717, 1.165) is 22.3 Å². The molecule has 1 heterocycles. The normalized spacial score (nSPS) is 10.9. The lowest BCUT2D eigenvalue weighted by Crippen LogP contribution is -2.27. The first-order valence-corrected chi connectivity index (χ1v) is 10.5. The van der Waals surface area contributed by atoms with Crippen molar-refractivity contribution in [2.75, 3.05) is 18.5 Å². The first kappa shape index (κ1) is 20.7. The van der Waals surface area contributed by atoms with Gasteiger partial charge in [0.25, 0.3) is 5.56 Å². The maximum atomic E-state index is 13.3. The Bertz CT molecular complexity index is 1190. The van der Waals surface area contributed by atoms with E-state index in [1.807, 2.05) is 91.9 Å². The number of nitrogens with one attached hydrogen (secondary N) is 1. The van der Waals surface area contributed by atoms with E-state index in [1.165, 1.54) is 0 Å². The molecule has 0 amide bonds. The van der Waals surface area contributed by atoms with Crippen molar-refractivity contribution < 1.29 is 9.47 Å². The maximum absolute atomic E-state index is 13.3. The van der Waals surface area contributed by atoms with Gasteiger partial charge in [-0.1, -0.05) is 36.4 Å². The Kier molecular flexibility index (Phi) is 6.65. The molecule has 5 heteroatoms. The van der Waals surface area contributed by atoms with Crippen molar-refractivity contribution in [1.29, 1.82) is 0 Å². The Labute approximate surface area is 181 Å². The van der Waals surface area contributed by atoms with Gasteiger partial charge in [0.1, 0.15) is 11.5 Å². The number of para-hydroxylation sites is 2. The lowest BCUT2D eigenvalue weighted by Gasteiger charge is -2.15. The average Bonchev–Trinajstić information content (AvgIpc) is 2.81. The zero-order valence-corrected chi connectivity index (χ0v) is 17.6. The van der Waals surface area contributed by atoms with Crippen LogP contribution >= 0.6 is 0 Å². The molecule has 4 aromatic rings. The fraction of sp³-hybridized carbons (Fsp3) is 0.192. The van der Waals surface area contributed by atoms with Gasteiger partial charge in [-0.15, -0.1) is 0 Å². The molecule has 0 aliphatic heterocycles. The van der Waals surface area contributed by atoms with Crippen molar-refractivity contribution in [3.8, 4) is 11.5 Å². The highest BCUT2D eigenvalue weighted by Crippen LogP contribution is 2.25. The van der Waals surface area contributed by atoms with Gasteiger partial charge >= 0.3 is 0 Å². The fourth-order valence-electron chi connectivity index (χ4n) is 3.50. The SMILES string of the molecule is CCOCCn1c(=O)c(CNc2ccccc2)cc2ccc(Oc3ccccc3)cc21. The van der Waals surface area contributed by atoms with Crippen molar-refractivity contribution in [3.63, 3.8) is 0 Å². The molecule has 3 aromatic carbocycles. The van der Waals surface area contributed by atoms with Gasteiger partial charge in [-0.25, -0.2) is 0 Å². The quantitative estimate of drug-likeness (QED) is 0.371. The summed E-state index contributed by atoms with van der Waals surface area (Å²) in [5, 5.41) is 4.32. The number of ether oxygens (including phenoxy) is 2. The molecule has 0 saturated carbocycles. The number of anilines is 1. The highest BCUT2D eigenvalue weighted by atomic mass is 16.5. The van der Waals surface area contributed by atoms with Crippen molar-refractivity contribution in [1.82, 2.24) is 4.57 Å². The molecule has 0 radical (unpaired) electrons. The predicted molar refractivity (Wildman–Crippen MR) is 125 cm³/mol. The van der Waals surface area contributed by atoms with Crippen molar-refractivity contribution >= 4 is 16.6 Å². The van der Waals surface area contributed by atoms with Crippen LogP contribution in [0.1, 0.15) is 12.5 Å². The Morgan fingerprint density at radius 2 is 1.61 bits per heavy atom. The first-order chi connectivity index (χ1) is 15.2. The monoisotopic (exact) mass is 414 g/mol. The summed E-state index contributed by atoms with van der Waals surface area (Å²) in [5.74, 6) is 1.45. The lowest BCUT2D eigenvalue weighted by molar-refractivity contribution is 0.139. The third-order valence-corrected chi connectivity index (χ3v) is 5.04. The summed E-state index contributed by atoms with van der Waals surface area (Å²) in [5.41, 5.74) is 2.51. The van der Waals surface area contributed by atoms with Crippen LogP contribution in [0.5, 0.6) is 11.5 Å². The summed E-state index contributed by atoms with van der Waals surface area (Å²) in [6, 6.07) is 27.3. The van der Waals surface area contributed by atoms with Crippen LogP contribution in [0.3, 0.4) is 0 Å². The lowest BCUT2D eigenvalue weighted by atomic mass is 10.1. The van der Waals surface area contributed by atoms with Gasteiger partial charge < -0.3 is 19.4 Å². The first-order valence-electron chi connectivity index (χ1n) is 10.5. The number of fused-ring (bicyclic) bond motifs is 1. The number of hydrogen-bond acceptors (Lipinski definition) is 4. The van der Waals surface area contributed by atoms with E-state index in [-0.39, 0.29) is 5.56 Å². The third kappa shape index (κ3) is 5.13. The summed E-state index contributed by atoms with van der Waals surface area (Å²) in [6.07, 6.45) is 0. The molecule has 0 bridgehead atoms. The Morgan fingerprint density at radius 1 is 0.871 bits per heavy atom. The molecular weight excluding hydrogens is 388 g/mol. The highest BCUT2D eigenvalue weighted by molar-refractivity contribution is 5.81. The Balaban J connectivity index is 1.68. The fourth-order valence-corrected chi connectivity index (χ4v) is 3.50. The third-order valence-electron chi connectivity index (χ3n) is 5.04. The minimum atomic E-state index is -0.0208. The number of pyridine rings is 1. The second-order valence-corrected chi connectivity index (χ2v) is 7.18. The maximum Gasteiger partial charge on any atom is 0.256 e. The Hall–Kier alpha value is -3.57. The van der Waals surface area contributed by atoms with Crippen LogP contribution in [0.4, 0.5) is 5.69 Å². The number of benzene rings is 3. The van der Waals surface area contributed by atoms with E-state index in [2.05, 4.69) is 5.32 Å². The van der Waals surface area contributed by atoms with E-state index in [9.17, 15) is 4.79 Å². The molecule has 0 atom stereocenters. The van der Waals surface area contributed by atoms with E-state index >= 15 is 0 Å². The van der Waals surface area contributed by atoms with Gasteiger partial charge in [-0.3, -0.25) is 4.79 Å². The van der Waals surface area contributed by atoms with Gasteiger partial charge in [-0.05, 0) is 54.8 Å². The minimum absolute atomic E-state index is 0.0208. The summed E-state index contributed by atoms with van der Waals surface area (Å²) < 4.78 is 13.3. The zero-order chi connectivity index (χ0) is 21.5. The van der Waals surface area contributed by atoms with Gasteiger partial charge in [0.05, 0.1) is 12.1 Å². The second kappa shape index (κ2) is 9.96. The summed E-state index contributed by atoms with van der Waals surface area (Å²) in [4.78, 5) is 13.3. The molecule has 1 aromatic heterocycles. The zero-order valence-electron chi connectivity index (χ0n) is 17.6.